The zero-order chi connectivity index (χ0) is 15.9. The Morgan fingerprint density at radius 2 is 1.91 bits per heavy atom. The molecule has 1 aliphatic rings. The maximum Gasteiger partial charge on any atom is 0.278 e. The van der Waals surface area contributed by atoms with Gasteiger partial charge < -0.3 is 10.5 Å². The van der Waals surface area contributed by atoms with Crippen LogP contribution >= 0.6 is 15.9 Å². The van der Waals surface area contributed by atoms with Crippen molar-refractivity contribution in [3.63, 3.8) is 0 Å². The van der Waals surface area contributed by atoms with E-state index < -0.39 is 17.6 Å². The van der Waals surface area contributed by atoms with Gasteiger partial charge in [-0.2, -0.15) is 0 Å². The van der Waals surface area contributed by atoms with Crippen LogP contribution in [0.25, 0.3) is 5.57 Å². The number of hydrogen-bond acceptors (Lipinski definition) is 2. The summed E-state index contributed by atoms with van der Waals surface area (Å²) in [7, 11) is 0. The van der Waals surface area contributed by atoms with Crippen LogP contribution in [0, 0.1) is 5.82 Å². The normalized spacial score (nSPS) is 15.2. The highest BCUT2D eigenvalue weighted by atomic mass is 79.9. The molecule has 22 heavy (non-hydrogen) atoms. The van der Waals surface area contributed by atoms with Gasteiger partial charge in [-0.15, -0.1) is 0 Å². The number of fused-ring (bicyclic) bond motifs is 2. The smallest absolute Gasteiger partial charge is 0.278 e. The second kappa shape index (κ2) is 5.53. The first kappa shape index (κ1) is 14.7. The van der Waals surface area contributed by atoms with Crippen LogP contribution < -0.4 is 10.5 Å². The van der Waals surface area contributed by atoms with Gasteiger partial charge >= 0.3 is 0 Å². The molecule has 0 bridgehead atoms. The van der Waals surface area contributed by atoms with Crippen LogP contribution in [0.15, 0.2) is 46.7 Å². The van der Waals surface area contributed by atoms with Crippen LogP contribution in [-0.4, -0.2) is 5.91 Å². The Labute approximate surface area is 133 Å². The highest BCUT2D eigenvalue weighted by molar-refractivity contribution is 9.10. The molecule has 1 aliphatic heterocycles. The van der Waals surface area contributed by atoms with Crippen molar-refractivity contribution < 1.29 is 18.3 Å². The SMILES string of the molecule is NC(=O)C(F)=C1c2ccc(Br)cc2COc2cc(F)ccc21. The standard InChI is InChI=1S/C16H10BrF2NO2/c17-9-1-3-11-8(5-9)7-22-13-6-10(18)2-4-12(13)14(11)15(19)16(20)21/h1-6H,7H2,(H2,20,21). The molecule has 1 heterocycles. The molecule has 1 amide bonds. The molecule has 6 heteroatoms. The van der Waals surface area contributed by atoms with Crippen molar-refractivity contribution in [1.29, 1.82) is 0 Å². The molecule has 2 aromatic rings. The van der Waals surface area contributed by atoms with E-state index in [4.69, 9.17) is 10.5 Å². The third-order valence-corrected chi connectivity index (χ3v) is 3.86. The summed E-state index contributed by atoms with van der Waals surface area (Å²) < 4.78 is 34.2. The number of benzene rings is 2. The molecule has 0 aromatic heterocycles. The number of carbonyl (C=O) groups is 1. The molecule has 0 radical (unpaired) electrons. The van der Waals surface area contributed by atoms with Crippen LogP contribution in [0.1, 0.15) is 16.7 Å². The van der Waals surface area contributed by atoms with Crippen molar-refractivity contribution in [2.24, 2.45) is 5.73 Å². The minimum Gasteiger partial charge on any atom is -0.488 e. The predicted molar refractivity (Wildman–Crippen MR) is 81.2 cm³/mol. The van der Waals surface area contributed by atoms with E-state index in [0.29, 0.717) is 16.7 Å². The van der Waals surface area contributed by atoms with Gasteiger partial charge in [0.05, 0.1) is 0 Å². The number of nitrogens with two attached hydrogens (primary N) is 1. The topological polar surface area (TPSA) is 52.3 Å². The van der Waals surface area contributed by atoms with E-state index in [9.17, 15) is 13.6 Å². The summed E-state index contributed by atoms with van der Waals surface area (Å²) in [6.07, 6.45) is 0. The van der Waals surface area contributed by atoms with E-state index >= 15 is 0 Å². The fourth-order valence-corrected chi connectivity index (χ4v) is 2.82. The molecular weight excluding hydrogens is 356 g/mol. The Bertz CT molecular complexity index is 762. The molecule has 0 fully saturated rings. The predicted octanol–water partition coefficient (Wildman–Crippen LogP) is 3.69. The molecule has 2 aromatic carbocycles. The minimum atomic E-state index is -1.18. The number of carbonyl (C=O) groups excluding carboxylic acids is 1. The first-order chi connectivity index (χ1) is 10.5. The maximum atomic E-state index is 14.4. The molecule has 2 N–H and O–H groups in total. The highest BCUT2D eigenvalue weighted by Crippen LogP contribution is 2.39. The Balaban J connectivity index is 2.35. The van der Waals surface area contributed by atoms with Gasteiger partial charge in [-0.25, -0.2) is 8.78 Å². The third-order valence-electron chi connectivity index (χ3n) is 3.37. The number of primary amides is 1. The van der Waals surface area contributed by atoms with Gasteiger partial charge in [0.2, 0.25) is 0 Å². The number of ether oxygens (including phenoxy) is 1. The van der Waals surface area contributed by atoms with Crippen molar-refractivity contribution in [3.05, 3.63) is 69.2 Å². The molecule has 3 rings (SSSR count). The van der Waals surface area contributed by atoms with Crippen molar-refractivity contribution in [2.45, 2.75) is 6.61 Å². The molecule has 0 unspecified atom stereocenters. The lowest BCUT2D eigenvalue weighted by atomic mass is 9.93. The van der Waals surface area contributed by atoms with Gasteiger partial charge in [0, 0.05) is 21.7 Å². The second-order valence-corrected chi connectivity index (χ2v) is 5.70. The molecule has 0 atom stereocenters. The first-order valence-electron chi connectivity index (χ1n) is 6.38. The summed E-state index contributed by atoms with van der Waals surface area (Å²) >= 11 is 3.33. The molecule has 112 valence electrons. The van der Waals surface area contributed by atoms with E-state index in [0.717, 1.165) is 10.5 Å². The Morgan fingerprint density at radius 3 is 2.64 bits per heavy atom. The molecule has 0 saturated heterocycles. The summed E-state index contributed by atoms with van der Waals surface area (Å²) in [5.41, 5.74) is 6.56. The van der Waals surface area contributed by atoms with Crippen LogP contribution in [0.2, 0.25) is 0 Å². The van der Waals surface area contributed by atoms with Gasteiger partial charge in [-0.3, -0.25) is 4.79 Å². The van der Waals surface area contributed by atoms with E-state index in [1.165, 1.54) is 12.1 Å². The summed E-state index contributed by atoms with van der Waals surface area (Å²) in [5.74, 6) is -2.61. The van der Waals surface area contributed by atoms with E-state index in [1.807, 2.05) is 0 Å². The largest absolute Gasteiger partial charge is 0.488 e. The van der Waals surface area contributed by atoms with Crippen LogP contribution in [-0.2, 0) is 11.4 Å². The monoisotopic (exact) mass is 365 g/mol. The van der Waals surface area contributed by atoms with Crippen molar-refractivity contribution in [1.82, 2.24) is 0 Å². The maximum absolute atomic E-state index is 14.4. The number of hydrogen-bond donors (Lipinski definition) is 1. The molecule has 0 spiro atoms. The molecule has 3 nitrogen and oxygen atoms in total. The average molecular weight is 366 g/mol. The second-order valence-electron chi connectivity index (χ2n) is 4.78. The Morgan fingerprint density at radius 1 is 1.18 bits per heavy atom. The van der Waals surface area contributed by atoms with E-state index in [2.05, 4.69) is 15.9 Å². The van der Waals surface area contributed by atoms with Crippen molar-refractivity contribution in [2.75, 3.05) is 0 Å². The number of halogens is 3. The van der Waals surface area contributed by atoms with Gasteiger partial charge in [-0.05, 0) is 35.4 Å². The molecule has 0 saturated carbocycles. The van der Waals surface area contributed by atoms with Crippen molar-refractivity contribution in [3.8, 4) is 5.75 Å². The Kier molecular flexibility index (Phi) is 3.70. The van der Waals surface area contributed by atoms with Crippen molar-refractivity contribution >= 4 is 27.4 Å². The van der Waals surface area contributed by atoms with Gasteiger partial charge in [0.1, 0.15) is 18.2 Å². The fraction of sp³-hybridized carbons (Fsp3) is 0.0625. The first-order valence-corrected chi connectivity index (χ1v) is 7.18. The van der Waals surface area contributed by atoms with E-state index in [1.54, 1.807) is 18.2 Å². The zero-order valence-corrected chi connectivity index (χ0v) is 12.8. The summed E-state index contributed by atoms with van der Waals surface area (Å²) in [6, 6.07) is 8.86. The quantitative estimate of drug-likeness (QED) is 0.783. The summed E-state index contributed by atoms with van der Waals surface area (Å²) in [6.45, 7) is 0.126. The third kappa shape index (κ3) is 2.50. The number of amides is 1. The van der Waals surface area contributed by atoms with Crippen LogP contribution in [0.5, 0.6) is 5.75 Å². The minimum absolute atomic E-state index is 0.0162. The van der Waals surface area contributed by atoms with Crippen LogP contribution in [0.3, 0.4) is 0 Å². The average Bonchev–Trinajstić information content (AvgIpc) is 2.62. The fourth-order valence-electron chi connectivity index (χ4n) is 2.41. The van der Waals surface area contributed by atoms with Gasteiger partial charge in [0.25, 0.3) is 5.91 Å². The Hall–Kier alpha value is -2.21. The van der Waals surface area contributed by atoms with E-state index in [-0.39, 0.29) is 17.9 Å². The lowest BCUT2D eigenvalue weighted by Gasteiger charge is -2.11. The lowest BCUT2D eigenvalue weighted by molar-refractivity contribution is -0.115. The highest BCUT2D eigenvalue weighted by Gasteiger charge is 2.25. The van der Waals surface area contributed by atoms with Gasteiger partial charge in [0.15, 0.2) is 5.83 Å². The lowest BCUT2D eigenvalue weighted by Crippen LogP contribution is -2.13. The van der Waals surface area contributed by atoms with Gasteiger partial charge in [-0.1, -0.05) is 22.0 Å². The molecular formula is C16H10BrF2NO2. The zero-order valence-electron chi connectivity index (χ0n) is 11.2. The summed E-state index contributed by atoms with van der Waals surface area (Å²) in [5, 5.41) is 0. The molecule has 0 aliphatic carbocycles. The number of rotatable bonds is 1. The summed E-state index contributed by atoms with van der Waals surface area (Å²) in [4.78, 5) is 11.3. The van der Waals surface area contributed by atoms with Crippen LogP contribution in [0.4, 0.5) is 8.78 Å².